The second-order valence-corrected chi connectivity index (χ2v) is 30.0. The van der Waals surface area contributed by atoms with Gasteiger partial charge in [-0.1, -0.05) is 69.2 Å². The molecule has 21 nitrogen and oxygen atoms in total. The monoisotopic (exact) mass is 1260 g/mol. The quantitative estimate of drug-likeness (QED) is 0.104. The molecule has 0 spiro atoms. The Morgan fingerprint density at radius 1 is 0.411 bits per heavy atom. The predicted molar refractivity (Wildman–Crippen MR) is 315 cm³/mol. The van der Waals surface area contributed by atoms with Gasteiger partial charge in [0.05, 0.1) is 78.5 Å². The molecule has 7 aliphatic heterocycles. The number of carbonyl (C=O) groups excluding carboxylic acids is 10. The third-order valence-corrected chi connectivity index (χ3v) is 24.6. The molecule has 21 heteroatoms. The smallest absolute Gasteiger partial charge is 0.312 e. The Balaban J connectivity index is 0.000000116. The molecule has 0 N–H and O–H groups in total. The van der Waals surface area contributed by atoms with Crippen LogP contribution in [0, 0.1) is 124 Å². The van der Waals surface area contributed by atoms with E-state index in [0.717, 1.165) is 83.5 Å². The van der Waals surface area contributed by atoms with E-state index in [1.807, 2.05) is 83.1 Å². The number of hydrogen-bond donors (Lipinski definition) is 0. The summed E-state index contributed by atoms with van der Waals surface area (Å²) >= 11 is 0. The third kappa shape index (κ3) is 12.1. The molecule has 7 heterocycles. The van der Waals surface area contributed by atoms with Gasteiger partial charge in [0.15, 0.2) is 12.2 Å². The van der Waals surface area contributed by atoms with Gasteiger partial charge in [-0.15, -0.1) is 0 Å². The second kappa shape index (κ2) is 26.2. The average molecular weight is 1260 g/mol. The normalized spacial score (nSPS) is 42.4. The van der Waals surface area contributed by atoms with Gasteiger partial charge in [-0.05, 0) is 121 Å². The molecule has 500 valence electrons. The fourth-order valence-electron chi connectivity index (χ4n) is 18.6. The maximum atomic E-state index is 12.1. The first-order valence-corrected chi connectivity index (χ1v) is 34.5. The Kier molecular flexibility index (Phi) is 19.3. The number of carbonyl (C=O) groups is 10. The fourth-order valence-corrected chi connectivity index (χ4v) is 18.6. The Morgan fingerprint density at radius 3 is 1.53 bits per heavy atom. The molecule has 30 unspecified atom stereocenters. The molecule has 0 radical (unpaired) electrons. The summed E-state index contributed by atoms with van der Waals surface area (Å²) in [7, 11) is 0. The van der Waals surface area contributed by atoms with Crippen molar-refractivity contribution in [1.29, 1.82) is 0 Å². The van der Waals surface area contributed by atoms with Crippen molar-refractivity contribution in [3.63, 3.8) is 0 Å². The van der Waals surface area contributed by atoms with E-state index in [0.29, 0.717) is 72.9 Å². The minimum atomic E-state index is -0.584. The van der Waals surface area contributed by atoms with Crippen molar-refractivity contribution < 1.29 is 100 Å². The van der Waals surface area contributed by atoms with Crippen molar-refractivity contribution in [2.24, 2.45) is 124 Å². The zero-order chi connectivity index (χ0) is 64.7. The number of cyclic esters (lactones) is 2. The van der Waals surface area contributed by atoms with Gasteiger partial charge in [0.1, 0.15) is 42.2 Å². The van der Waals surface area contributed by atoms with Crippen LogP contribution in [0.1, 0.15) is 173 Å². The van der Waals surface area contributed by atoms with Crippen LogP contribution in [0.2, 0.25) is 0 Å². The summed E-state index contributed by atoms with van der Waals surface area (Å²) in [5.74, 6) is 2.18. The molecule has 15 fully saturated rings. The molecule has 0 aromatic heterocycles. The molecule has 0 amide bonds. The van der Waals surface area contributed by atoms with Gasteiger partial charge in [-0.25, -0.2) is 0 Å². The van der Waals surface area contributed by atoms with E-state index in [2.05, 4.69) is 0 Å². The van der Waals surface area contributed by atoms with E-state index >= 15 is 0 Å². The summed E-state index contributed by atoms with van der Waals surface area (Å²) in [4.78, 5) is 118. The highest BCUT2D eigenvalue weighted by Gasteiger charge is 2.68. The first-order valence-electron chi connectivity index (χ1n) is 34.5. The van der Waals surface area contributed by atoms with E-state index in [4.69, 9.17) is 52.1 Å². The van der Waals surface area contributed by atoms with E-state index in [1.165, 1.54) is 0 Å². The minimum absolute atomic E-state index is 0.00140. The van der Waals surface area contributed by atoms with Gasteiger partial charge >= 0.3 is 59.7 Å². The number of fused-ring (bicyclic) bond motifs is 13. The zero-order valence-electron chi connectivity index (χ0n) is 54.7. The Morgan fingerprint density at radius 2 is 0.911 bits per heavy atom. The summed E-state index contributed by atoms with van der Waals surface area (Å²) in [6, 6.07) is 0. The molecule has 90 heavy (non-hydrogen) atoms. The van der Waals surface area contributed by atoms with E-state index in [1.54, 1.807) is 0 Å². The molecule has 15 aliphatic rings. The molecular weight excluding hydrogens is 1160 g/mol. The number of esters is 10. The first-order chi connectivity index (χ1) is 42.8. The van der Waals surface area contributed by atoms with Crippen molar-refractivity contribution in [3.05, 3.63) is 0 Å². The van der Waals surface area contributed by atoms with Gasteiger partial charge in [0, 0.05) is 47.3 Å². The van der Waals surface area contributed by atoms with Crippen LogP contribution in [0.5, 0.6) is 0 Å². The summed E-state index contributed by atoms with van der Waals surface area (Å²) in [5.41, 5.74) is -0.584. The van der Waals surface area contributed by atoms with Crippen molar-refractivity contribution in [2.75, 3.05) is 13.2 Å². The lowest BCUT2D eigenvalue weighted by atomic mass is 9.71. The topological polar surface area (TPSA) is 272 Å². The van der Waals surface area contributed by atoms with Gasteiger partial charge in [0.2, 0.25) is 0 Å². The van der Waals surface area contributed by atoms with Crippen LogP contribution in [0.15, 0.2) is 0 Å². The lowest BCUT2D eigenvalue weighted by Crippen LogP contribution is -2.45. The highest BCUT2D eigenvalue weighted by molar-refractivity contribution is 5.80. The summed E-state index contributed by atoms with van der Waals surface area (Å²) < 4.78 is 60.0. The minimum Gasteiger partial charge on any atom is -0.465 e. The Labute approximate surface area is 528 Å². The number of rotatable bonds is 16. The van der Waals surface area contributed by atoms with Gasteiger partial charge in [-0.3, -0.25) is 47.9 Å². The average Bonchev–Trinajstić information content (AvgIpc) is 1.58. The molecule has 7 saturated heterocycles. The van der Waals surface area contributed by atoms with Crippen LogP contribution in [-0.4, -0.2) is 133 Å². The molecular formula is C69H98O21. The van der Waals surface area contributed by atoms with Crippen LogP contribution in [0.25, 0.3) is 0 Å². The Hall–Kier alpha value is -5.34. The molecule has 30 atom stereocenters. The maximum Gasteiger partial charge on any atom is 0.312 e. The summed E-state index contributed by atoms with van der Waals surface area (Å²) in [6.45, 7) is 24.3. The van der Waals surface area contributed by atoms with Crippen LogP contribution < -0.4 is 0 Å². The van der Waals surface area contributed by atoms with Crippen LogP contribution in [0.3, 0.4) is 0 Å². The Bertz CT molecular complexity index is 2710. The van der Waals surface area contributed by atoms with Crippen LogP contribution in [-0.2, 0) is 100 Å². The largest absolute Gasteiger partial charge is 0.465 e. The molecule has 0 aromatic rings. The molecule has 8 saturated carbocycles. The lowest BCUT2D eigenvalue weighted by molar-refractivity contribution is -0.172. The zero-order valence-corrected chi connectivity index (χ0v) is 54.7. The van der Waals surface area contributed by atoms with Gasteiger partial charge < -0.3 is 52.1 Å². The summed E-state index contributed by atoms with van der Waals surface area (Å²) in [6.07, 6.45) is 10.9. The van der Waals surface area contributed by atoms with E-state index in [9.17, 15) is 47.9 Å². The molecule has 15 rings (SSSR count). The van der Waals surface area contributed by atoms with E-state index in [-0.39, 0.29) is 180 Å². The maximum absolute atomic E-state index is 12.1. The third-order valence-electron chi connectivity index (χ3n) is 24.6. The highest BCUT2D eigenvalue weighted by Crippen LogP contribution is 2.62. The van der Waals surface area contributed by atoms with Crippen molar-refractivity contribution in [1.82, 2.24) is 0 Å². The fraction of sp³-hybridized carbons (Fsp3) is 0.855. The van der Waals surface area contributed by atoms with Crippen LogP contribution >= 0.6 is 0 Å². The number of hydrogen-bond acceptors (Lipinski definition) is 21. The second-order valence-electron chi connectivity index (χ2n) is 30.0. The number of ether oxygens (including phenoxy) is 11. The molecule has 0 aromatic carbocycles. The van der Waals surface area contributed by atoms with Crippen molar-refractivity contribution in [2.45, 2.75) is 234 Å². The van der Waals surface area contributed by atoms with E-state index < -0.39 is 11.7 Å². The lowest BCUT2D eigenvalue weighted by Gasteiger charge is -2.38. The standard InChI is InChI=1S/C16H24O4.2C14H20O4.C13H18O4.C12H16O5/c1-5-8(2)14(17)20-16(3,4)13-9-6-10-11(7-9)19-15(18)12(10)13;1-3-7(2)13(15)18-11-5-8-4-9(11)10-6-17-14(16)12(8)10;1-3-7(2)13(15)18-11-5-8-4-9(11)12-10(8)6-17-14(12)16;1-3-6(2)12(14)16-10-7-4-8-9(5-7)13(15)17-11(8)10;1-3-5(2)11(13)16-9-7-4-6-8(15-7)10(9)17-12(6)14/h8-13H,5-7H2,1-4H3;2*7-12H,3-6H2,1-2H3;6-11H,3-5H2,1-2H3;5-10H,3-4H2,1-2H3. The highest BCUT2D eigenvalue weighted by atomic mass is 16.7. The van der Waals surface area contributed by atoms with Gasteiger partial charge in [-0.2, -0.15) is 0 Å². The van der Waals surface area contributed by atoms with Crippen molar-refractivity contribution in [3.8, 4) is 0 Å². The van der Waals surface area contributed by atoms with Crippen molar-refractivity contribution >= 4 is 59.7 Å². The van der Waals surface area contributed by atoms with Crippen LogP contribution in [0.4, 0.5) is 0 Å². The molecule has 8 aliphatic carbocycles. The first kappa shape index (κ1) is 66.1. The SMILES string of the molecule is CCC(C)C(=O)OC(C)(C)C1C2CC3OC(=O)C1C3C2.CCC(C)C(=O)OC1C2CC3C(=O)OC1C3C2.CCC(C)C(=O)OC1C2CC3C(=O)OC1C3O2.CCC(C)C(=O)OC1CC2CC1C1C(=O)OCC21.CCC(C)C(=O)OC1CC2CC1C1COC(=O)C21. The summed E-state index contributed by atoms with van der Waals surface area (Å²) in [5, 5.41) is 0. The molecule has 10 bridgehead atoms. The van der Waals surface area contributed by atoms with Gasteiger partial charge in [0.25, 0.3) is 0 Å². The predicted octanol–water partition coefficient (Wildman–Crippen LogP) is 8.28.